The average Bonchev–Trinajstić information content (AvgIpc) is 3.37. The van der Waals surface area contributed by atoms with E-state index in [1.165, 1.54) is 11.1 Å². The van der Waals surface area contributed by atoms with Gasteiger partial charge in [-0.1, -0.05) is 88.8 Å². The van der Waals surface area contributed by atoms with Crippen LogP contribution in [-0.4, -0.2) is 19.5 Å². The summed E-state index contributed by atoms with van der Waals surface area (Å²) in [4.78, 5) is 14.5. The molecule has 0 bridgehead atoms. The van der Waals surface area contributed by atoms with Gasteiger partial charge in [-0.15, -0.1) is 40.4 Å². The van der Waals surface area contributed by atoms with Gasteiger partial charge in [-0.25, -0.2) is 4.98 Å². The number of pyridine rings is 3. The van der Waals surface area contributed by atoms with Crippen LogP contribution >= 0.6 is 0 Å². The molecule has 0 radical (unpaired) electrons. The first-order valence-electron chi connectivity index (χ1n) is 15.7. The van der Waals surface area contributed by atoms with E-state index < -0.39 is 0 Å². The summed E-state index contributed by atoms with van der Waals surface area (Å²) in [6, 6.07) is 34.3. The Morgan fingerprint density at radius 2 is 1.38 bits per heavy atom. The normalized spacial score (nSPS) is 12.3. The van der Waals surface area contributed by atoms with Gasteiger partial charge in [0.05, 0.1) is 11.0 Å². The third kappa shape index (κ3) is 5.27. The van der Waals surface area contributed by atoms with Gasteiger partial charge < -0.3 is 9.30 Å². The smallest absolute Gasteiger partial charge is 0.503 e. The van der Waals surface area contributed by atoms with Crippen LogP contribution < -0.4 is 4.74 Å². The molecule has 4 heterocycles. The summed E-state index contributed by atoms with van der Waals surface area (Å²) in [5, 5.41) is 6.32. The first kappa shape index (κ1) is 31.0. The Hall–Kier alpha value is -4.60. The molecule has 0 saturated heterocycles. The van der Waals surface area contributed by atoms with Crippen LogP contribution in [0.3, 0.4) is 0 Å². The first-order chi connectivity index (χ1) is 22.1. The fraction of sp³-hybridized carbons (Fsp3) is 0.195. The van der Waals surface area contributed by atoms with Crippen molar-refractivity contribution in [1.82, 2.24) is 19.5 Å². The molecule has 8 rings (SSSR count). The summed E-state index contributed by atoms with van der Waals surface area (Å²) >= 11 is 0. The van der Waals surface area contributed by atoms with Gasteiger partial charge >= 0.3 is 21.1 Å². The average molecular weight is 794 g/mol. The van der Waals surface area contributed by atoms with Gasteiger partial charge in [0.1, 0.15) is 5.82 Å². The largest absolute Gasteiger partial charge is 2.00 e. The molecule has 0 aliphatic heterocycles. The Balaban J connectivity index is 0.00000351. The molecule has 47 heavy (non-hydrogen) atoms. The number of hydrogen-bond donors (Lipinski definition) is 0. The van der Waals surface area contributed by atoms with Crippen LogP contribution in [0.2, 0.25) is 0 Å². The molecule has 6 heteroatoms. The predicted molar refractivity (Wildman–Crippen MR) is 188 cm³/mol. The van der Waals surface area contributed by atoms with Crippen molar-refractivity contribution in [3.8, 4) is 17.3 Å². The molecule has 5 nitrogen and oxygen atoms in total. The van der Waals surface area contributed by atoms with Crippen molar-refractivity contribution in [2.24, 2.45) is 0 Å². The van der Waals surface area contributed by atoms with E-state index >= 15 is 0 Å². The summed E-state index contributed by atoms with van der Waals surface area (Å²) < 4.78 is 8.70. The number of benzene rings is 4. The van der Waals surface area contributed by atoms with Crippen molar-refractivity contribution >= 4 is 54.4 Å². The molecule has 0 N–H and O–H groups in total. The van der Waals surface area contributed by atoms with Crippen LogP contribution in [0, 0.1) is 12.1 Å². The minimum absolute atomic E-state index is 0. The number of para-hydroxylation sites is 1. The van der Waals surface area contributed by atoms with Gasteiger partial charge in [0.25, 0.3) is 0 Å². The fourth-order valence-electron chi connectivity index (χ4n) is 6.47. The van der Waals surface area contributed by atoms with Crippen LogP contribution in [0.25, 0.3) is 60.2 Å². The van der Waals surface area contributed by atoms with E-state index in [-0.39, 0.29) is 31.9 Å². The molecule has 0 amide bonds. The predicted octanol–water partition coefficient (Wildman–Crippen LogP) is 10.4. The third-order valence-electron chi connectivity index (χ3n) is 8.85. The summed E-state index contributed by atoms with van der Waals surface area (Å²) in [5.41, 5.74) is 6.12. The molecule has 0 aliphatic carbocycles. The minimum atomic E-state index is -0.0645. The van der Waals surface area contributed by atoms with Gasteiger partial charge in [0, 0.05) is 35.6 Å². The molecular weight excluding hydrogens is 760 g/mol. The molecule has 4 aromatic heterocycles. The van der Waals surface area contributed by atoms with Gasteiger partial charge in [0.2, 0.25) is 0 Å². The maximum absolute atomic E-state index is 6.52. The summed E-state index contributed by atoms with van der Waals surface area (Å²) in [6.07, 6.45) is 5.72. The zero-order valence-electron chi connectivity index (χ0n) is 27.3. The van der Waals surface area contributed by atoms with Crippen molar-refractivity contribution < 1.29 is 25.8 Å². The second-order valence-electron chi connectivity index (χ2n) is 14.1. The second-order valence-corrected chi connectivity index (χ2v) is 14.1. The topological polar surface area (TPSA) is 52.8 Å². The van der Waals surface area contributed by atoms with E-state index in [4.69, 9.17) is 19.7 Å². The Morgan fingerprint density at radius 1 is 0.660 bits per heavy atom. The van der Waals surface area contributed by atoms with Crippen LogP contribution in [0.5, 0.6) is 11.5 Å². The summed E-state index contributed by atoms with van der Waals surface area (Å²) in [5.74, 6) is 2.08. The van der Waals surface area contributed by atoms with Crippen LogP contribution in [0.4, 0.5) is 0 Å². The van der Waals surface area contributed by atoms with Crippen molar-refractivity contribution in [2.45, 2.75) is 52.4 Å². The maximum Gasteiger partial charge on any atom is 2.00 e. The Bertz CT molecular complexity index is 2480. The van der Waals surface area contributed by atoms with Gasteiger partial charge in [0.15, 0.2) is 0 Å². The molecule has 0 aliphatic rings. The number of ether oxygens (including phenoxy) is 1. The Morgan fingerprint density at radius 3 is 2.19 bits per heavy atom. The molecule has 0 fully saturated rings. The Kier molecular flexibility index (Phi) is 7.44. The SMILES string of the molecule is CC(C)(C)c1ccnc(-n2c3[c-]c(Oc4[c-]c5c(cc4)ccc4cnc6c(C(C)(C)C)ccnc6c45)ccc3c3ccccc32)c1.[Pt+2]. The van der Waals surface area contributed by atoms with E-state index in [1.54, 1.807) is 0 Å². The molecule has 0 spiro atoms. The second kappa shape index (κ2) is 11.3. The zero-order valence-corrected chi connectivity index (χ0v) is 29.5. The van der Waals surface area contributed by atoms with Crippen LogP contribution in [0.15, 0.2) is 97.5 Å². The molecule has 0 saturated carbocycles. The molecule has 0 atom stereocenters. The number of aromatic nitrogens is 4. The van der Waals surface area contributed by atoms with Crippen molar-refractivity contribution in [3.63, 3.8) is 0 Å². The van der Waals surface area contributed by atoms with Gasteiger partial charge in [-0.2, -0.15) is 6.07 Å². The number of nitrogens with zero attached hydrogens (tertiary/aromatic N) is 4. The van der Waals surface area contributed by atoms with Crippen molar-refractivity contribution in [3.05, 3.63) is 121 Å². The fourth-order valence-corrected chi connectivity index (χ4v) is 6.47. The number of fused-ring (bicyclic) bond motifs is 8. The van der Waals surface area contributed by atoms with Gasteiger partial charge in [-0.3, -0.25) is 9.97 Å². The summed E-state index contributed by atoms with van der Waals surface area (Å²) in [6.45, 7) is 13.3. The molecule has 234 valence electrons. The minimum Gasteiger partial charge on any atom is -0.503 e. The van der Waals surface area contributed by atoms with E-state index in [9.17, 15) is 0 Å². The molecular formula is C41H34N4OPt. The monoisotopic (exact) mass is 793 g/mol. The van der Waals surface area contributed by atoms with E-state index in [1.807, 2.05) is 30.7 Å². The molecule has 8 aromatic rings. The zero-order chi connectivity index (χ0) is 31.8. The van der Waals surface area contributed by atoms with Crippen molar-refractivity contribution in [2.75, 3.05) is 0 Å². The molecule has 4 aromatic carbocycles. The van der Waals surface area contributed by atoms with E-state index in [2.05, 4.69) is 125 Å². The van der Waals surface area contributed by atoms with Gasteiger partial charge in [-0.05, 0) is 57.0 Å². The van der Waals surface area contributed by atoms with Crippen molar-refractivity contribution in [1.29, 1.82) is 0 Å². The maximum atomic E-state index is 6.52. The third-order valence-corrected chi connectivity index (χ3v) is 8.85. The quantitative estimate of drug-likeness (QED) is 0.132. The standard InChI is InChI=1S/C41H34N4O.Pt/c1-40(2,3)27-17-19-42-36(21-27)45-34-10-8-7-9-30(34)31-16-15-29(23-35(31)45)46-28-14-13-25-11-12-26-24-44-38-33(41(4,5)6)18-20-43-39(38)37(26)32(25)22-28;/h7-21,24H,1-6H3;/q-2;+2. The number of hydrogen-bond acceptors (Lipinski definition) is 4. The first-order valence-corrected chi connectivity index (χ1v) is 15.7. The van der Waals surface area contributed by atoms with E-state index in [0.717, 1.165) is 60.2 Å². The number of rotatable bonds is 3. The van der Waals surface area contributed by atoms with Crippen LogP contribution in [-0.2, 0) is 31.9 Å². The van der Waals surface area contributed by atoms with E-state index in [0.29, 0.717) is 11.5 Å². The summed E-state index contributed by atoms with van der Waals surface area (Å²) in [7, 11) is 0. The molecule has 0 unspecified atom stereocenters. The Labute approximate surface area is 288 Å². The van der Waals surface area contributed by atoms with Crippen LogP contribution in [0.1, 0.15) is 52.7 Å².